The van der Waals surface area contributed by atoms with Crippen LogP contribution in [0.25, 0.3) is 0 Å². The first kappa shape index (κ1) is 22.2. The van der Waals surface area contributed by atoms with Gasteiger partial charge in [0.25, 0.3) is 0 Å². The minimum Gasteiger partial charge on any atom is -0.353 e. The lowest BCUT2D eigenvalue weighted by Gasteiger charge is -2.34. The Hall–Kier alpha value is -1.48. The summed E-state index contributed by atoms with van der Waals surface area (Å²) in [6.45, 7) is 8.69. The minimum absolute atomic E-state index is 0.115. The first-order chi connectivity index (χ1) is 14.0. The number of benzene rings is 1. The van der Waals surface area contributed by atoms with Crippen molar-refractivity contribution < 1.29 is 13.2 Å². The molecule has 1 aromatic rings. The van der Waals surface area contributed by atoms with Gasteiger partial charge in [0.15, 0.2) is 0 Å². The molecule has 1 unspecified atom stereocenters. The van der Waals surface area contributed by atoms with Crippen molar-refractivity contribution in [1.29, 1.82) is 0 Å². The molecule has 1 N–H and O–H groups in total. The lowest BCUT2D eigenvalue weighted by molar-refractivity contribution is -0.124. The standard InChI is InChI=1S/C21H34N4O3S/c1-2-17-29(27,28)25-11-6-9-20(25)21(26)22-10-12-23-13-15-24(16-14-23)18-19-7-4-3-5-8-19/h3-5,7-8,20H,2,6,9-18H2,1H3,(H,22,26). The van der Waals surface area contributed by atoms with Crippen molar-refractivity contribution in [2.24, 2.45) is 0 Å². The summed E-state index contributed by atoms with van der Waals surface area (Å²) in [7, 11) is -3.33. The third-order valence-electron chi connectivity index (χ3n) is 5.77. The first-order valence-corrected chi connectivity index (χ1v) is 12.4. The van der Waals surface area contributed by atoms with Crippen LogP contribution < -0.4 is 5.32 Å². The molecule has 0 aliphatic carbocycles. The van der Waals surface area contributed by atoms with Crippen molar-refractivity contribution in [3.63, 3.8) is 0 Å². The van der Waals surface area contributed by atoms with Crippen LogP contribution in [0.1, 0.15) is 31.7 Å². The van der Waals surface area contributed by atoms with E-state index >= 15 is 0 Å². The van der Waals surface area contributed by atoms with E-state index in [-0.39, 0.29) is 11.7 Å². The van der Waals surface area contributed by atoms with Gasteiger partial charge in [0, 0.05) is 52.4 Å². The number of hydrogen-bond donors (Lipinski definition) is 1. The summed E-state index contributed by atoms with van der Waals surface area (Å²) in [4.78, 5) is 17.4. The Balaban J connectivity index is 1.37. The van der Waals surface area contributed by atoms with Gasteiger partial charge in [-0.3, -0.25) is 14.6 Å². The Morgan fingerprint density at radius 2 is 1.76 bits per heavy atom. The van der Waals surface area contributed by atoms with E-state index in [0.717, 1.165) is 45.7 Å². The number of carbonyl (C=O) groups is 1. The molecule has 1 amide bonds. The van der Waals surface area contributed by atoms with Gasteiger partial charge in [0.2, 0.25) is 15.9 Å². The average Bonchev–Trinajstić information content (AvgIpc) is 3.21. The Morgan fingerprint density at radius 1 is 1.07 bits per heavy atom. The van der Waals surface area contributed by atoms with Gasteiger partial charge in [-0.2, -0.15) is 4.31 Å². The molecular formula is C21H34N4O3S. The Bertz CT molecular complexity index is 748. The Kier molecular flexibility index (Phi) is 8.06. The molecule has 2 heterocycles. The van der Waals surface area contributed by atoms with Gasteiger partial charge in [-0.15, -0.1) is 0 Å². The molecule has 0 aromatic heterocycles. The van der Waals surface area contributed by atoms with E-state index < -0.39 is 16.1 Å². The average molecular weight is 423 g/mol. The number of amides is 1. The Labute approximate surface area is 175 Å². The maximum Gasteiger partial charge on any atom is 0.238 e. The lowest BCUT2D eigenvalue weighted by atomic mass is 10.2. The van der Waals surface area contributed by atoms with Crippen LogP contribution in [0.3, 0.4) is 0 Å². The molecular weight excluding hydrogens is 388 g/mol. The third kappa shape index (κ3) is 6.25. The van der Waals surface area contributed by atoms with Crippen LogP contribution in [0.2, 0.25) is 0 Å². The highest BCUT2D eigenvalue weighted by Crippen LogP contribution is 2.22. The Morgan fingerprint density at radius 3 is 2.45 bits per heavy atom. The van der Waals surface area contributed by atoms with Crippen molar-refractivity contribution in [3.05, 3.63) is 35.9 Å². The fourth-order valence-electron chi connectivity index (χ4n) is 4.18. The molecule has 2 aliphatic rings. The van der Waals surface area contributed by atoms with Gasteiger partial charge >= 0.3 is 0 Å². The fourth-order valence-corrected chi connectivity index (χ4v) is 5.92. The maximum atomic E-state index is 12.6. The van der Waals surface area contributed by atoms with Crippen LogP contribution in [-0.4, -0.2) is 86.0 Å². The molecule has 162 valence electrons. The summed E-state index contributed by atoms with van der Waals surface area (Å²) in [6, 6.07) is 9.98. The van der Waals surface area contributed by atoms with E-state index in [1.54, 1.807) is 0 Å². The van der Waals surface area contributed by atoms with Gasteiger partial charge in [0.1, 0.15) is 6.04 Å². The molecule has 7 nitrogen and oxygen atoms in total. The monoisotopic (exact) mass is 422 g/mol. The summed E-state index contributed by atoms with van der Waals surface area (Å²) in [5, 5.41) is 2.97. The molecule has 3 rings (SSSR count). The highest BCUT2D eigenvalue weighted by Gasteiger charge is 2.37. The molecule has 0 bridgehead atoms. The van der Waals surface area contributed by atoms with E-state index in [1.165, 1.54) is 9.87 Å². The van der Waals surface area contributed by atoms with E-state index in [9.17, 15) is 13.2 Å². The van der Waals surface area contributed by atoms with E-state index in [4.69, 9.17) is 0 Å². The van der Waals surface area contributed by atoms with Crippen molar-refractivity contribution in [2.45, 2.75) is 38.8 Å². The molecule has 1 aromatic carbocycles. The number of carbonyl (C=O) groups excluding carboxylic acids is 1. The number of hydrogen-bond acceptors (Lipinski definition) is 5. The summed E-state index contributed by atoms with van der Waals surface area (Å²) in [5.74, 6) is -0.0331. The van der Waals surface area contributed by atoms with Gasteiger partial charge in [-0.05, 0) is 24.8 Å². The largest absolute Gasteiger partial charge is 0.353 e. The molecule has 8 heteroatoms. The highest BCUT2D eigenvalue weighted by atomic mass is 32.2. The summed E-state index contributed by atoms with van der Waals surface area (Å²) in [5.41, 5.74) is 1.34. The second-order valence-electron chi connectivity index (χ2n) is 7.98. The highest BCUT2D eigenvalue weighted by molar-refractivity contribution is 7.89. The van der Waals surface area contributed by atoms with E-state index in [0.29, 0.717) is 25.9 Å². The molecule has 0 saturated carbocycles. The smallest absolute Gasteiger partial charge is 0.238 e. The zero-order valence-corrected chi connectivity index (χ0v) is 18.2. The second-order valence-corrected chi connectivity index (χ2v) is 10.0. The van der Waals surface area contributed by atoms with Crippen molar-refractivity contribution in [3.8, 4) is 0 Å². The zero-order valence-electron chi connectivity index (χ0n) is 17.4. The molecule has 2 aliphatic heterocycles. The fraction of sp³-hybridized carbons (Fsp3) is 0.667. The lowest BCUT2D eigenvalue weighted by Crippen LogP contribution is -2.50. The zero-order chi connectivity index (χ0) is 20.7. The van der Waals surface area contributed by atoms with Crippen LogP contribution in [0.5, 0.6) is 0 Å². The summed E-state index contributed by atoms with van der Waals surface area (Å²) < 4.78 is 26.1. The normalized spacial score (nSPS) is 22.0. The van der Waals surface area contributed by atoms with Crippen LogP contribution in [-0.2, 0) is 21.4 Å². The molecule has 2 saturated heterocycles. The number of rotatable bonds is 9. The van der Waals surface area contributed by atoms with Gasteiger partial charge in [-0.25, -0.2) is 8.42 Å². The van der Waals surface area contributed by atoms with E-state index in [1.807, 2.05) is 13.0 Å². The molecule has 0 radical (unpaired) electrons. The van der Waals surface area contributed by atoms with Crippen LogP contribution >= 0.6 is 0 Å². The number of sulfonamides is 1. The van der Waals surface area contributed by atoms with Crippen molar-refractivity contribution >= 4 is 15.9 Å². The maximum absolute atomic E-state index is 12.6. The predicted molar refractivity (Wildman–Crippen MR) is 115 cm³/mol. The van der Waals surface area contributed by atoms with Gasteiger partial charge in [-0.1, -0.05) is 37.3 Å². The minimum atomic E-state index is -3.33. The van der Waals surface area contributed by atoms with Crippen molar-refractivity contribution in [2.75, 3.05) is 51.6 Å². The number of nitrogens with zero attached hydrogens (tertiary/aromatic N) is 3. The summed E-state index contributed by atoms with van der Waals surface area (Å²) >= 11 is 0. The van der Waals surface area contributed by atoms with Gasteiger partial charge in [0.05, 0.1) is 5.75 Å². The quantitative estimate of drug-likeness (QED) is 0.646. The SMILES string of the molecule is CCCS(=O)(=O)N1CCCC1C(=O)NCCN1CCN(Cc2ccccc2)CC1. The van der Waals surface area contributed by atoms with Crippen molar-refractivity contribution in [1.82, 2.24) is 19.4 Å². The van der Waals surface area contributed by atoms with Crippen LogP contribution in [0.4, 0.5) is 0 Å². The van der Waals surface area contributed by atoms with E-state index in [2.05, 4.69) is 39.4 Å². The molecule has 1 atom stereocenters. The summed E-state index contributed by atoms with van der Waals surface area (Å²) in [6.07, 6.45) is 1.95. The molecule has 2 fully saturated rings. The second kappa shape index (κ2) is 10.5. The molecule has 0 spiro atoms. The van der Waals surface area contributed by atoms with Crippen LogP contribution in [0.15, 0.2) is 30.3 Å². The topological polar surface area (TPSA) is 73.0 Å². The predicted octanol–water partition coefficient (Wildman–Crippen LogP) is 1.12. The van der Waals surface area contributed by atoms with Crippen LogP contribution in [0, 0.1) is 0 Å². The molecule has 29 heavy (non-hydrogen) atoms. The number of piperazine rings is 1. The van der Waals surface area contributed by atoms with Gasteiger partial charge < -0.3 is 5.32 Å². The third-order valence-corrected chi connectivity index (χ3v) is 7.84. The first-order valence-electron chi connectivity index (χ1n) is 10.8. The number of nitrogens with one attached hydrogen (secondary N) is 1.